The number of nitrogens with one attached hydrogen (secondary N) is 1. The Labute approximate surface area is 146 Å². The molecule has 0 aliphatic carbocycles. The van der Waals surface area contributed by atoms with Gasteiger partial charge in [-0.3, -0.25) is 4.79 Å². The molecule has 3 rings (SSSR count). The summed E-state index contributed by atoms with van der Waals surface area (Å²) in [6.45, 7) is 3.53. The SMILES string of the molecule is O=C([C@@H]1CCCO1)N1CCN(C(=S)Nc2ccc(Cl)cc2)CC1. The molecule has 0 radical (unpaired) electrons. The minimum atomic E-state index is -0.235. The quantitative estimate of drug-likeness (QED) is 0.827. The van der Waals surface area contributed by atoms with Crippen molar-refractivity contribution in [1.82, 2.24) is 9.80 Å². The van der Waals surface area contributed by atoms with Crippen LogP contribution in [0.2, 0.25) is 5.02 Å². The van der Waals surface area contributed by atoms with Crippen LogP contribution in [0, 0.1) is 0 Å². The van der Waals surface area contributed by atoms with Crippen LogP contribution in [0.3, 0.4) is 0 Å². The molecule has 0 aromatic heterocycles. The van der Waals surface area contributed by atoms with Crippen LogP contribution in [0.4, 0.5) is 5.69 Å². The number of thiocarbonyl (C=S) groups is 1. The van der Waals surface area contributed by atoms with Crippen molar-refractivity contribution < 1.29 is 9.53 Å². The van der Waals surface area contributed by atoms with E-state index in [-0.39, 0.29) is 12.0 Å². The Balaban J connectivity index is 1.49. The number of halogens is 1. The predicted molar refractivity (Wildman–Crippen MR) is 94.8 cm³/mol. The number of nitrogens with zero attached hydrogens (tertiary/aromatic N) is 2. The van der Waals surface area contributed by atoms with Gasteiger partial charge in [0.25, 0.3) is 5.91 Å². The van der Waals surface area contributed by atoms with Crippen LogP contribution in [0.15, 0.2) is 24.3 Å². The third kappa shape index (κ3) is 4.13. The summed E-state index contributed by atoms with van der Waals surface area (Å²) in [4.78, 5) is 16.3. The lowest BCUT2D eigenvalue weighted by Crippen LogP contribution is -2.53. The summed E-state index contributed by atoms with van der Waals surface area (Å²) in [7, 11) is 0. The molecular weight excluding hydrogens is 334 g/mol. The standard InChI is InChI=1S/C16H20ClN3O2S/c17-12-3-5-13(6-4-12)18-16(23)20-9-7-19(8-10-20)15(21)14-2-1-11-22-14/h3-6,14H,1-2,7-11H2,(H,18,23)/t14-/m0/s1. The molecule has 2 saturated heterocycles. The largest absolute Gasteiger partial charge is 0.368 e. The minimum absolute atomic E-state index is 0.124. The van der Waals surface area contributed by atoms with Crippen molar-refractivity contribution in [2.24, 2.45) is 0 Å². The van der Waals surface area contributed by atoms with E-state index in [1.165, 1.54) is 0 Å². The van der Waals surface area contributed by atoms with Crippen molar-refractivity contribution in [3.05, 3.63) is 29.3 Å². The van der Waals surface area contributed by atoms with E-state index in [0.717, 1.165) is 31.6 Å². The van der Waals surface area contributed by atoms with Gasteiger partial charge in [-0.15, -0.1) is 0 Å². The molecule has 2 aliphatic heterocycles. The van der Waals surface area contributed by atoms with E-state index in [4.69, 9.17) is 28.6 Å². The second-order valence-electron chi connectivity index (χ2n) is 5.75. The number of ether oxygens (including phenoxy) is 1. The minimum Gasteiger partial charge on any atom is -0.368 e. The van der Waals surface area contributed by atoms with E-state index < -0.39 is 0 Å². The summed E-state index contributed by atoms with van der Waals surface area (Å²) in [5, 5.41) is 4.58. The van der Waals surface area contributed by atoms with Gasteiger partial charge in [-0.25, -0.2) is 0 Å². The number of benzene rings is 1. The van der Waals surface area contributed by atoms with Gasteiger partial charge in [0.15, 0.2) is 5.11 Å². The average Bonchev–Trinajstić information content (AvgIpc) is 3.11. The highest BCUT2D eigenvalue weighted by Gasteiger charge is 2.30. The van der Waals surface area contributed by atoms with Gasteiger partial charge >= 0.3 is 0 Å². The molecule has 124 valence electrons. The van der Waals surface area contributed by atoms with Crippen LogP contribution in [0.1, 0.15) is 12.8 Å². The number of hydrogen-bond acceptors (Lipinski definition) is 3. The number of amides is 1. The van der Waals surface area contributed by atoms with Crippen molar-refractivity contribution in [2.75, 3.05) is 38.1 Å². The molecule has 1 atom stereocenters. The Morgan fingerprint density at radius 3 is 2.43 bits per heavy atom. The molecule has 5 nitrogen and oxygen atoms in total. The van der Waals surface area contributed by atoms with Gasteiger partial charge in [-0.05, 0) is 49.3 Å². The Hall–Kier alpha value is -1.37. The van der Waals surface area contributed by atoms with Gasteiger partial charge in [0.2, 0.25) is 0 Å². The first-order valence-electron chi connectivity index (χ1n) is 7.85. The van der Waals surface area contributed by atoms with Crippen LogP contribution in [-0.2, 0) is 9.53 Å². The predicted octanol–water partition coefficient (Wildman–Crippen LogP) is 2.36. The number of piperazine rings is 1. The maximum Gasteiger partial charge on any atom is 0.251 e. The first-order valence-corrected chi connectivity index (χ1v) is 8.64. The average molecular weight is 354 g/mol. The molecule has 2 aliphatic rings. The lowest BCUT2D eigenvalue weighted by Gasteiger charge is -2.37. The Morgan fingerprint density at radius 1 is 1.17 bits per heavy atom. The second kappa shape index (κ2) is 7.47. The highest BCUT2D eigenvalue weighted by atomic mass is 35.5. The molecule has 1 aromatic rings. The molecule has 1 amide bonds. The van der Waals surface area contributed by atoms with Crippen LogP contribution < -0.4 is 5.32 Å². The number of anilines is 1. The summed E-state index contributed by atoms with van der Waals surface area (Å²) in [5.41, 5.74) is 0.914. The fraction of sp³-hybridized carbons (Fsp3) is 0.500. The van der Waals surface area contributed by atoms with Crippen LogP contribution in [-0.4, -0.2) is 59.7 Å². The first-order chi connectivity index (χ1) is 11.1. The van der Waals surface area contributed by atoms with Crippen molar-refractivity contribution in [3.8, 4) is 0 Å². The van der Waals surface area contributed by atoms with Gasteiger partial charge in [0.1, 0.15) is 6.10 Å². The molecule has 0 spiro atoms. The van der Waals surface area contributed by atoms with E-state index in [1.807, 2.05) is 29.2 Å². The summed E-state index contributed by atoms with van der Waals surface area (Å²) in [6.07, 6.45) is 1.59. The zero-order valence-corrected chi connectivity index (χ0v) is 14.4. The maximum absolute atomic E-state index is 12.3. The first kappa shape index (κ1) is 16.5. The fourth-order valence-corrected chi connectivity index (χ4v) is 3.27. The van der Waals surface area contributed by atoms with E-state index in [2.05, 4.69) is 10.2 Å². The normalized spacial score (nSPS) is 21.3. The third-order valence-corrected chi connectivity index (χ3v) is 4.79. The highest BCUT2D eigenvalue weighted by molar-refractivity contribution is 7.80. The topological polar surface area (TPSA) is 44.8 Å². The second-order valence-corrected chi connectivity index (χ2v) is 6.57. The van der Waals surface area contributed by atoms with Crippen LogP contribution in [0.25, 0.3) is 0 Å². The fourth-order valence-electron chi connectivity index (χ4n) is 2.84. The number of carbonyl (C=O) groups is 1. The van der Waals surface area contributed by atoms with Gasteiger partial charge in [-0.1, -0.05) is 11.6 Å². The molecule has 7 heteroatoms. The van der Waals surface area contributed by atoms with Crippen LogP contribution >= 0.6 is 23.8 Å². The van der Waals surface area contributed by atoms with E-state index in [0.29, 0.717) is 29.8 Å². The smallest absolute Gasteiger partial charge is 0.251 e. The summed E-state index contributed by atoms with van der Waals surface area (Å²) in [5.74, 6) is 0.124. The zero-order chi connectivity index (χ0) is 16.2. The van der Waals surface area contributed by atoms with Crippen molar-refractivity contribution in [1.29, 1.82) is 0 Å². The zero-order valence-electron chi connectivity index (χ0n) is 12.8. The molecule has 0 bridgehead atoms. The summed E-state index contributed by atoms with van der Waals surface area (Å²) in [6, 6.07) is 7.44. The molecular formula is C16H20ClN3O2S. The van der Waals surface area contributed by atoms with E-state index >= 15 is 0 Å². The van der Waals surface area contributed by atoms with Gasteiger partial charge < -0.3 is 19.9 Å². The lowest BCUT2D eigenvalue weighted by molar-refractivity contribution is -0.142. The molecule has 0 saturated carbocycles. The van der Waals surface area contributed by atoms with Gasteiger partial charge in [0.05, 0.1) is 0 Å². The van der Waals surface area contributed by atoms with E-state index in [9.17, 15) is 4.79 Å². The molecule has 23 heavy (non-hydrogen) atoms. The molecule has 2 fully saturated rings. The van der Waals surface area contributed by atoms with E-state index in [1.54, 1.807) is 0 Å². The maximum atomic E-state index is 12.3. The summed E-state index contributed by atoms with van der Waals surface area (Å²) < 4.78 is 5.48. The van der Waals surface area contributed by atoms with Crippen molar-refractivity contribution in [3.63, 3.8) is 0 Å². The third-order valence-electron chi connectivity index (χ3n) is 4.18. The van der Waals surface area contributed by atoms with Crippen molar-refractivity contribution in [2.45, 2.75) is 18.9 Å². The molecule has 1 aromatic carbocycles. The Bertz CT molecular complexity index is 567. The summed E-state index contributed by atoms with van der Waals surface area (Å²) >= 11 is 11.3. The molecule has 0 unspecified atom stereocenters. The number of hydrogen-bond donors (Lipinski definition) is 1. The monoisotopic (exact) mass is 353 g/mol. The molecule has 2 heterocycles. The number of rotatable bonds is 2. The molecule has 1 N–H and O–H groups in total. The van der Waals surface area contributed by atoms with Gasteiger partial charge in [-0.2, -0.15) is 0 Å². The van der Waals surface area contributed by atoms with Crippen molar-refractivity contribution >= 4 is 40.5 Å². The number of carbonyl (C=O) groups excluding carboxylic acids is 1. The Morgan fingerprint density at radius 2 is 1.83 bits per heavy atom. The highest BCUT2D eigenvalue weighted by Crippen LogP contribution is 2.17. The Kier molecular flexibility index (Phi) is 5.35. The van der Waals surface area contributed by atoms with Gasteiger partial charge in [0, 0.05) is 43.5 Å². The lowest BCUT2D eigenvalue weighted by atomic mass is 10.2. The van der Waals surface area contributed by atoms with Crippen LogP contribution in [0.5, 0.6) is 0 Å².